The predicted octanol–water partition coefficient (Wildman–Crippen LogP) is -0.0831. The summed E-state index contributed by atoms with van der Waals surface area (Å²) < 4.78 is 14.2. The number of aryl methyl sites for hydroxylation is 1. The first-order chi connectivity index (χ1) is 11.9. The maximum absolute atomic E-state index is 12.1. The smallest absolute Gasteiger partial charge is 0.330 e. The summed E-state index contributed by atoms with van der Waals surface area (Å²) >= 11 is 0. The van der Waals surface area contributed by atoms with Crippen LogP contribution in [-0.2, 0) is 14.3 Å². The van der Waals surface area contributed by atoms with E-state index in [9.17, 15) is 14.4 Å². The third-order valence-electron chi connectivity index (χ3n) is 4.18. The molecule has 3 heterocycles. The van der Waals surface area contributed by atoms with E-state index >= 15 is 0 Å². The second-order valence-corrected chi connectivity index (χ2v) is 6.03. The highest BCUT2D eigenvalue weighted by atomic mass is 16.6. The number of hydrogen-bond donors (Lipinski definition) is 1. The van der Waals surface area contributed by atoms with Crippen LogP contribution >= 0.6 is 0 Å². The average Bonchev–Trinajstić information content (AvgIpc) is 3.18. The number of nitrogens with zero attached hydrogens (tertiary/aromatic N) is 4. The highest BCUT2D eigenvalue weighted by molar-refractivity contribution is 5.66. The number of H-pyrrole nitrogens is 1. The van der Waals surface area contributed by atoms with Gasteiger partial charge in [0.15, 0.2) is 0 Å². The van der Waals surface area contributed by atoms with Crippen molar-refractivity contribution in [3.05, 3.63) is 45.3 Å². The minimum atomic E-state index is -0.625. The van der Waals surface area contributed by atoms with Gasteiger partial charge < -0.3 is 9.47 Å². The molecule has 0 aromatic carbocycles. The van der Waals surface area contributed by atoms with Crippen molar-refractivity contribution in [1.29, 1.82) is 0 Å². The van der Waals surface area contributed by atoms with Crippen LogP contribution in [0.3, 0.4) is 0 Å². The Bertz CT molecular complexity index is 871. The van der Waals surface area contributed by atoms with E-state index < -0.39 is 35.7 Å². The lowest BCUT2D eigenvalue weighted by atomic mass is 10.1. The molecule has 10 nitrogen and oxygen atoms in total. The van der Waals surface area contributed by atoms with Crippen LogP contribution in [-0.4, -0.2) is 42.5 Å². The molecular weight excluding hydrogens is 330 g/mol. The molecule has 0 aliphatic carbocycles. The molecule has 0 saturated carbocycles. The molecule has 1 N–H and O–H groups in total. The third kappa shape index (κ3) is 3.38. The molecule has 0 bridgehead atoms. The molecule has 3 rings (SSSR count). The van der Waals surface area contributed by atoms with Crippen LogP contribution in [0.15, 0.2) is 28.4 Å². The summed E-state index contributed by atoms with van der Waals surface area (Å²) in [5.74, 6) is -0.422. The highest BCUT2D eigenvalue weighted by Gasteiger charge is 2.42. The number of carbonyl (C=O) groups excluding carboxylic acids is 1. The highest BCUT2D eigenvalue weighted by Crippen LogP contribution is 2.38. The average molecular weight is 349 g/mol. The number of nitrogens with one attached hydrogen (secondary N) is 1. The van der Waals surface area contributed by atoms with Crippen molar-refractivity contribution in [2.75, 3.05) is 0 Å². The van der Waals surface area contributed by atoms with E-state index in [2.05, 4.69) is 15.1 Å². The first-order valence-corrected chi connectivity index (χ1v) is 7.85. The third-order valence-corrected chi connectivity index (χ3v) is 4.18. The summed E-state index contributed by atoms with van der Waals surface area (Å²) in [5.41, 5.74) is -0.590. The van der Waals surface area contributed by atoms with E-state index in [4.69, 9.17) is 9.47 Å². The Hall–Kier alpha value is -2.75. The summed E-state index contributed by atoms with van der Waals surface area (Å²) in [5, 5.41) is 4.13. The van der Waals surface area contributed by atoms with E-state index in [0.29, 0.717) is 12.0 Å². The zero-order valence-corrected chi connectivity index (χ0v) is 14.1. The largest absolute Gasteiger partial charge is 0.460 e. The van der Waals surface area contributed by atoms with Crippen LogP contribution in [0.2, 0.25) is 0 Å². The van der Waals surface area contributed by atoms with Gasteiger partial charge in [-0.1, -0.05) is 0 Å². The Kier molecular flexibility index (Phi) is 4.53. The lowest BCUT2D eigenvalue weighted by Gasteiger charge is -2.24. The minimum Gasteiger partial charge on any atom is -0.460 e. The van der Waals surface area contributed by atoms with Gasteiger partial charge in [-0.3, -0.25) is 19.1 Å². The molecule has 1 aliphatic rings. The number of ether oxygens (including phenoxy) is 2. The predicted molar refractivity (Wildman–Crippen MR) is 84.9 cm³/mol. The van der Waals surface area contributed by atoms with Crippen LogP contribution in [0.25, 0.3) is 0 Å². The molecular formula is C15H19N5O5. The Morgan fingerprint density at radius 1 is 1.48 bits per heavy atom. The van der Waals surface area contributed by atoms with Gasteiger partial charge in [-0.15, -0.1) is 0 Å². The first-order valence-electron chi connectivity index (χ1n) is 7.85. The first kappa shape index (κ1) is 17.1. The maximum atomic E-state index is 12.1. The number of aromatic amines is 1. The van der Waals surface area contributed by atoms with Crippen molar-refractivity contribution in [1.82, 2.24) is 24.3 Å². The molecule has 0 unspecified atom stereocenters. The van der Waals surface area contributed by atoms with Gasteiger partial charge in [0.25, 0.3) is 5.56 Å². The molecule has 1 saturated heterocycles. The second kappa shape index (κ2) is 6.63. The molecule has 1 fully saturated rings. The Labute approximate surface area is 142 Å². The van der Waals surface area contributed by atoms with Crippen molar-refractivity contribution in [3.8, 4) is 0 Å². The number of carbonyl (C=O) groups is 1. The summed E-state index contributed by atoms with van der Waals surface area (Å²) in [6.07, 6.45) is 3.13. The second-order valence-electron chi connectivity index (χ2n) is 6.03. The quantitative estimate of drug-likeness (QED) is 0.766. The number of rotatable bonds is 4. The van der Waals surface area contributed by atoms with E-state index in [0.717, 1.165) is 0 Å². The van der Waals surface area contributed by atoms with Gasteiger partial charge in [0.2, 0.25) is 0 Å². The summed E-state index contributed by atoms with van der Waals surface area (Å²) in [7, 11) is 0. The normalized spacial score (nSPS) is 24.2. The number of esters is 1. The lowest BCUT2D eigenvalue weighted by molar-refractivity contribution is -0.155. The van der Waals surface area contributed by atoms with Gasteiger partial charge in [0, 0.05) is 25.1 Å². The van der Waals surface area contributed by atoms with Gasteiger partial charge in [-0.2, -0.15) is 5.10 Å². The van der Waals surface area contributed by atoms with Crippen molar-refractivity contribution in [2.45, 2.75) is 51.7 Å². The number of aromatic nitrogens is 5. The van der Waals surface area contributed by atoms with Crippen molar-refractivity contribution >= 4 is 5.97 Å². The molecule has 0 radical (unpaired) electrons. The van der Waals surface area contributed by atoms with Crippen LogP contribution in [0.4, 0.5) is 0 Å². The van der Waals surface area contributed by atoms with Crippen molar-refractivity contribution < 1.29 is 14.3 Å². The van der Waals surface area contributed by atoms with E-state index in [1.165, 1.54) is 24.0 Å². The number of hydrogen-bond acceptors (Lipinski definition) is 7. The SMILES string of the molecule is CC(=O)O[C@@H](C)[C@@H]1O[C@H](n2cc(C)c(=O)[nH]c2=O)C[C@@H]1n1cncn1. The van der Waals surface area contributed by atoms with Crippen LogP contribution in [0.1, 0.15) is 38.1 Å². The molecule has 2 aromatic heterocycles. The summed E-state index contributed by atoms with van der Waals surface area (Å²) in [4.78, 5) is 41.2. The molecule has 0 amide bonds. The zero-order valence-electron chi connectivity index (χ0n) is 14.1. The van der Waals surface area contributed by atoms with Crippen LogP contribution in [0.5, 0.6) is 0 Å². The van der Waals surface area contributed by atoms with Crippen LogP contribution < -0.4 is 11.2 Å². The Balaban J connectivity index is 1.94. The molecule has 2 aromatic rings. The molecule has 4 atom stereocenters. The minimum absolute atomic E-state index is 0.277. The molecule has 134 valence electrons. The van der Waals surface area contributed by atoms with Crippen molar-refractivity contribution in [3.63, 3.8) is 0 Å². The Morgan fingerprint density at radius 3 is 2.88 bits per heavy atom. The summed E-state index contributed by atoms with van der Waals surface area (Å²) in [6, 6.07) is -0.277. The van der Waals surface area contributed by atoms with Gasteiger partial charge in [0.05, 0.1) is 6.04 Å². The van der Waals surface area contributed by atoms with Gasteiger partial charge in [-0.05, 0) is 13.8 Å². The van der Waals surface area contributed by atoms with Gasteiger partial charge in [0.1, 0.15) is 31.1 Å². The fourth-order valence-electron chi connectivity index (χ4n) is 3.05. The molecule has 25 heavy (non-hydrogen) atoms. The zero-order chi connectivity index (χ0) is 18.1. The lowest BCUT2D eigenvalue weighted by Crippen LogP contribution is -2.35. The van der Waals surface area contributed by atoms with Gasteiger partial charge >= 0.3 is 11.7 Å². The monoisotopic (exact) mass is 349 g/mol. The fourth-order valence-corrected chi connectivity index (χ4v) is 3.05. The Morgan fingerprint density at radius 2 is 2.24 bits per heavy atom. The van der Waals surface area contributed by atoms with Crippen LogP contribution in [0, 0.1) is 6.92 Å². The molecule has 1 aliphatic heterocycles. The van der Waals surface area contributed by atoms with Crippen molar-refractivity contribution in [2.24, 2.45) is 0 Å². The molecule has 0 spiro atoms. The maximum Gasteiger partial charge on any atom is 0.330 e. The standard InChI is InChI=1S/C15H19N5O5/c1-8-5-19(15(23)18-14(8)22)12-4-11(20-7-16-6-17-20)13(25-12)9(2)24-10(3)21/h5-7,9,11-13H,4H2,1-3H3,(H,18,22,23)/t9-,11-,12-,13-/m0/s1. The van der Waals surface area contributed by atoms with E-state index in [1.54, 1.807) is 24.9 Å². The molecule has 10 heteroatoms. The van der Waals surface area contributed by atoms with E-state index in [-0.39, 0.29) is 6.04 Å². The fraction of sp³-hybridized carbons (Fsp3) is 0.533. The van der Waals surface area contributed by atoms with E-state index in [1.807, 2.05) is 0 Å². The summed E-state index contributed by atoms with van der Waals surface area (Å²) in [6.45, 7) is 4.65. The topological polar surface area (TPSA) is 121 Å². The van der Waals surface area contributed by atoms with Gasteiger partial charge in [-0.25, -0.2) is 14.5 Å².